The topological polar surface area (TPSA) is 82.6 Å². The van der Waals surface area contributed by atoms with Gasteiger partial charge < -0.3 is 15.1 Å². The lowest BCUT2D eigenvalue weighted by Gasteiger charge is -2.32. The monoisotopic (exact) mass is 430 g/mol. The first-order valence-corrected chi connectivity index (χ1v) is 10.9. The number of carbonyl (C=O) groups excluding carboxylic acids is 3. The van der Waals surface area contributed by atoms with Gasteiger partial charge in [0.15, 0.2) is 5.13 Å². The van der Waals surface area contributed by atoms with Crippen molar-refractivity contribution in [1.82, 2.24) is 9.88 Å². The van der Waals surface area contributed by atoms with Crippen molar-refractivity contribution in [3.63, 3.8) is 0 Å². The van der Waals surface area contributed by atoms with Crippen LogP contribution in [0.3, 0.4) is 0 Å². The van der Waals surface area contributed by atoms with E-state index in [9.17, 15) is 18.8 Å². The molecule has 7 nitrogen and oxygen atoms in total. The minimum absolute atomic E-state index is 0.0711. The molecular weight excluding hydrogens is 407 g/mol. The standard InChI is InChI=1S/C21H23FN4O3S/c1-13-12-30-21(23-13)24-19(28)14-6-8-25(9-7-14)20(29)15-10-18(27)26(11-15)17-5-3-2-4-16(17)22/h2-5,12,14-15H,6-11H2,1H3,(H,23,24,28). The summed E-state index contributed by atoms with van der Waals surface area (Å²) >= 11 is 1.39. The average Bonchev–Trinajstić information content (AvgIpc) is 3.33. The number of carbonyl (C=O) groups is 3. The number of para-hydroxylation sites is 1. The van der Waals surface area contributed by atoms with Gasteiger partial charge in [0.2, 0.25) is 17.7 Å². The summed E-state index contributed by atoms with van der Waals surface area (Å²) in [5, 5.41) is 5.32. The number of thiazole rings is 1. The van der Waals surface area contributed by atoms with Crippen LogP contribution in [-0.4, -0.2) is 47.2 Å². The zero-order valence-corrected chi connectivity index (χ0v) is 17.5. The summed E-state index contributed by atoms with van der Waals surface area (Å²) in [4.78, 5) is 45.1. The van der Waals surface area contributed by atoms with Crippen molar-refractivity contribution in [3.8, 4) is 0 Å². The number of likely N-dealkylation sites (tertiary alicyclic amines) is 1. The predicted octanol–water partition coefficient (Wildman–Crippen LogP) is 2.82. The van der Waals surface area contributed by atoms with Gasteiger partial charge in [0.1, 0.15) is 5.82 Å². The molecule has 4 rings (SSSR count). The lowest BCUT2D eigenvalue weighted by Crippen LogP contribution is -2.44. The first-order chi connectivity index (χ1) is 14.4. The third-order valence-electron chi connectivity index (χ3n) is 5.64. The van der Waals surface area contributed by atoms with E-state index in [1.807, 2.05) is 12.3 Å². The molecule has 2 aliphatic rings. The van der Waals surface area contributed by atoms with Crippen LogP contribution in [0.1, 0.15) is 25.0 Å². The van der Waals surface area contributed by atoms with Crippen LogP contribution in [0.25, 0.3) is 0 Å². The zero-order valence-electron chi connectivity index (χ0n) is 16.6. The molecule has 2 aromatic rings. The molecule has 1 unspecified atom stereocenters. The average molecular weight is 431 g/mol. The molecular formula is C21H23FN4O3S. The number of aromatic nitrogens is 1. The maximum Gasteiger partial charge on any atom is 0.229 e. The van der Waals surface area contributed by atoms with Gasteiger partial charge in [-0.2, -0.15) is 0 Å². The van der Waals surface area contributed by atoms with E-state index in [1.54, 1.807) is 23.1 Å². The van der Waals surface area contributed by atoms with E-state index < -0.39 is 11.7 Å². The van der Waals surface area contributed by atoms with Crippen molar-refractivity contribution in [1.29, 1.82) is 0 Å². The largest absolute Gasteiger partial charge is 0.342 e. The molecule has 0 bridgehead atoms. The quantitative estimate of drug-likeness (QED) is 0.809. The van der Waals surface area contributed by atoms with Gasteiger partial charge in [0.25, 0.3) is 0 Å². The summed E-state index contributed by atoms with van der Waals surface area (Å²) < 4.78 is 14.0. The molecule has 1 aromatic carbocycles. The van der Waals surface area contributed by atoms with E-state index in [0.717, 1.165) is 5.69 Å². The zero-order chi connectivity index (χ0) is 21.3. The smallest absolute Gasteiger partial charge is 0.229 e. The summed E-state index contributed by atoms with van der Waals surface area (Å²) in [6.45, 7) is 3.00. The van der Waals surface area contributed by atoms with E-state index in [-0.39, 0.29) is 42.3 Å². The van der Waals surface area contributed by atoms with Crippen molar-refractivity contribution in [3.05, 3.63) is 41.2 Å². The van der Waals surface area contributed by atoms with E-state index in [1.165, 1.54) is 22.3 Å². The molecule has 2 saturated heterocycles. The van der Waals surface area contributed by atoms with Gasteiger partial charge in [0, 0.05) is 37.4 Å². The minimum Gasteiger partial charge on any atom is -0.342 e. The van der Waals surface area contributed by atoms with Gasteiger partial charge in [-0.3, -0.25) is 14.4 Å². The lowest BCUT2D eigenvalue weighted by atomic mass is 9.94. The first-order valence-electron chi connectivity index (χ1n) is 9.99. The SMILES string of the molecule is Cc1csc(NC(=O)C2CCN(C(=O)C3CC(=O)N(c4ccccc4F)C3)CC2)n1. The summed E-state index contributed by atoms with van der Waals surface area (Å²) in [7, 11) is 0. The highest BCUT2D eigenvalue weighted by atomic mass is 32.1. The Balaban J connectivity index is 1.32. The Morgan fingerprint density at radius 2 is 1.93 bits per heavy atom. The number of anilines is 2. The van der Waals surface area contributed by atoms with Crippen LogP contribution in [0.4, 0.5) is 15.2 Å². The molecule has 1 atom stereocenters. The molecule has 0 saturated carbocycles. The van der Waals surface area contributed by atoms with Gasteiger partial charge in [-0.15, -0.1) is 11.3 Å². The van der Waals surface area contributed by atoms with E-state index in [4.69, 9.17) is 0 Å². The normalized spacial score (nSPS) is 19.9. The Kier molecular flexibility index (Phi) is 5.80. The lowest BCUT2D eigenvalue weighted by molar-refractivity contribution is -0.138. The molecule has 0 aliphatic carbocycles. The maximum atomic E-state index is 14.0. The Morgan fingerprint density at radius 3 is 2.60 bits per heavy atom. The highest BCUT2D eigenvalue weighted by molar-refractivity contribution is 7.13. The van der Waals surface area contributed by atoms with Gasteiger partial charge in [-0.25, -0.2) is 9.37 Å². The summed E-state index contributed by atoms with van der Waals surface area (Å²) in [6.07, 6.45) is 1.22. The number of nitrogens with one attached hydrogen (secondary N) is 1. The van der Waals surface area contributed by atoms with Crippen LogP contribution in [0.2, 0.25) is 0 Å². The highest BCUT2D eigenvalue weighted by Crippen LogP contribution is 2.29. The Bertz CT molecular complexity index is 971. The molecule has 2 aliphatic heterocycles. The first kappa shape index (κ1) is 20.5. The highest BCUT2D eigenvalue weighted by Gasteiger charge is 2.39. The fourth-order valence-electron chi connectivity index (χ4n) is 4.02. The maximum absolute atomic E-state index is 14.0. The number of nitrogens with zero attached hydrogens (tertiary/aromatic N) is 3. The second-order valence-corrected chi connectivity index (χ2v) is 8.60. The molecule has 1 aromatic heterocycles. The molecule has 9 heteroatoms. The second-order valence-electron chi connectivity index (χ2n) is 7.74. The Labute approximate surface area is 177 Å². The second kappa shape index (κ2) is 8.51. The number of amides is 3. The van der Waals surface area contributed by atoms with Gasteiger partial charge in [-0.05, 0) is 31.9 Å². The van der Waals surface area contributed by atoms with E-state index >= 15 is 0 Å². The summed E-state index contributed by atoms with van der Waals surface area (Å²) in [5.41, 5.74) is 1.08. The van der Waals surface area contributed by atoms with Crippen molar-refractivity contribution in [2.45, 2.75) is 26.2 Å². The number of aryl methyl sites for hydroxylation is 1. The third kappa shape index (κ3) is 4.21. The van der Waals surface area contributed by atoms with Crippen LogP contribution in [0.15, 0.2) is 29.6 Å². The predicted molar refractivity (Wildman–Crippen MR) is 112 cm³/mol. The number of piperidine rings is 1. The number of rotatable bonds is 4. The molecule has 3 amide bonds. The molecule has 2 fully saturated rings. The molecule has 1 N–H and O–H groups in total. The van der Waals surface area contributed by atoms with E-state index in [0.29, 0.717) is 31.1 Å². The van der Waals surface area contributed by atoms with Crippen LogP contribution in [-0.2, 0) is 14.4 Å². The van der Waals surface area contributed by atoms with Crippen molar-refractivity contribution in [2.75, 3.05) is 29.9 Å². The van der Waals surface area contributed by atoms with Crippen LogP contribution < -0.4 is 10.2 Å². The fourth-order valence-corrected chi connectivity index (χ4v) is 4.71. The van der Waals surface area contributed by atoms with Crippen LogP contribution in [0, 0.1) is 24.6 Å². The number of hydrogen-bond donors (Lipinski definition) is 1. The van der Waals surface area contributed by atoms with Gasteiger partial charge >= 0.3 is 0 Å². The molecule has 158 valence electrons. The molecule has 3 heterocycles. The minimum atomic E-state index is -0.485. The van der Waals surface area contributed by atoms with Crippen molar-refractivity contribution < 1.29 is 18.8 Å². The molecule has 0 spiro atoms. The third-order valence-corrected chi connectivity index (χ3v) is 6.52. The van der Waals surface area contributed by atoms with E-state index in [2.05, 4.69) is 10.3 Å². The Hall–Kier alpha value is -2.81. The number of benzene rings is 1. The molecule has 30 heavy (non-hydrogen) atoms. The van der Waals surface area contributed by atoms with Crippen LogP contribution >= 0.6 is 11.3 Å². The van der Waals surface area contributed by atoms with Crippen molar-refractivity contribution in [2.24, 2.45) is 11.8 Å². The number of hydrogen-bond acceptors (Lipinski definition) is 5. The molecule has 0 radical (unpaired) electrons. The van der Waals surface area contributed by atoms with Crippen LogP contribution in [0.5, 0.6) is 0 Å². The fraction of sp³-hybridized carbons (Fsp3) is 0.429. The van der Waals surface area contributed by atoms with Gasteiger partial charge in [0.05, 0.1) is 17.3 Å². The van der Waals surface area contributed by atoms with Gasteiger partial charge in [-0.1, -0.05) is 12.1 Å². The Morgan fingerprint density at radius 1 is 1.20 bits per heavy atom. The number of halogens is 1. The summed E-state index contributed by atoms with van der Waals surface area (Å²) in [6, 6.07) is 6.09. The summed E-state index contributed by atoms with van der Waals surface area (Å²) in [5.74, 6) is -1.54. The van der Waals surface area contributed by atoms with Crippen molar-refractivity contribution >= 4 is 39.9 Å².